The van der Waals surface area contributed by atoms with Gasteiger partial charge in [-0.1, -0.05) is 19.3 Å². The number of rotatable bonds is 6. The van der Waals surface area contributed by atoms with Gasteiger partial charge in [0.15, 0.2) is 0 Å². The van der Waals surface area contributed by atoms with Gasteiger partial charge in [-0.15, -0.1) is 0 Å². The molecular formula is C16H23NO4. The molecule has 0 radical (unpaired) electrons. The Morgan fingerprint density at radius 3 is 2.81 bits per heavy atom. The molecule has 1 fully saturated rings. The number of aromatic hydroxyl groups is 1. The first kappa shape index (κ1) is 15.6. The summed E-state index contributed by atoms with van der Waals surface area (Å²) >= 11 is 0. The molecule has 21 heavy (non-hydrogen) atoms. The highest BCUT2D eigenvalue weighted by Crippen LogP contribution is 2.22. The summed E-state index contributed by atoms with van der Waals surface area (Å²) in [4.78, 5) is 12.0. The Bertz CT molecular complexity index is 469. The molecule has 0 unspecified atom stereocenters. The van der Waals surface area contributed by atoms with Gasteiger partial charge in [-0.3, -0.25) is 4.79 Å². The summed E-state index contributed by atoms with van der Waals surface area (Å²) in [6, 6.07) is 4.58. The summed E-state index contributed by atoms with van der Waals surface area (Å²) in [7, 11) is 1.52. The van der Waals surface area contributed by atoms with E-state index in [1.54, 1.807) is 6.07 Å². The summed E-state index contributed by atoms with van der Waals surface area (Å²) in [5.74, 6) is 0.163. The van der Waals surface area contributed by atoms with Crippen LogP contribution in [0.4, 0.5) is 0 Å². The van der Waals surface area contributed by atoms with Crippen molar-refractivity contribution in [2.24, 2.45) is 0 Å². The highest BCUT2D eigenvalue weighted by atomic mass is 16.5. The van der Waals surface area contributed by atoms with Gasteiger partial charge in [0.25, 0.3) is 5.91 Å². The molecule has 0 spiro atoms. The van der Waals surface area contributed by atoms with Crippen molar-refractivity contribution in [3.63, 3.8) is 0 Å². The number of carbonyl (C=O) groups excluding carboxylic acids is 1. The second kappa shape index (κ2) is 7.88. The van der Waals surface area contributed by atoms with E-state index < -0.39 is 0 Å². The van der Waals surface area contributed by atoms with Crippen molar-refractivity contribution in [3.05, 3.63) is 23.8 Å². The van der Waals surface area contributed by atoms with E-state index in [1.165, 1.54) is 38.5 Å². The number of phenolic OH excluding ortho intramolecular Hbond substituents is 1. The normalized spacial score (nSPS) is 15.7. The highest BCUT2D eigenvalue weighted by Gasteiger charge is 2.14. The summed E-state index contributed by atoms with van der Waals surface area (Å²) in [5.41, 5.74) is 0.215. The van der Waals surface area contributed by atoms with Gasteiger partial charge in [0, 0.05) is 6.54 Å². The maximum Gasteiger partial charge on any atom is 0.255 e. The zero-order chi connectivity index (χ0) is 15.1. The highest BCUT2D eigenvalue weighted by molar-refractivity contribution is 5.97. The second-order valence-corrected chi connectivity index (χ2v) is 5.27. The summed E-state index contributed by atoms with van der Waals surface area (Å²) in [6.07, 6.45) is 6.32. The van der Waals surface area contributed by atoms with Crippen LogP contribution in [0.2, 0.25) is 0 Å². The van der Waals surface area contributed by atoms with Crippen LogP contribution in [0.5, 0.6) is 11.5 Å². The van der Waals surface area contributed by atoms with Gasteiger partial charge in [-0.05, 0) is 31.0 Å². The van der Waals surface area contributed by atoms with Crippen molar-refractivity contribution in [3.8, 4) is 11.5 Å². The van der Waals surface area contributed by atoms with Crippen LogP contribution in [-0.4, -0.2) is 37.4 Å². The number of hydrogen-bond donors (Lipinski definition) is 2. The lowest BCUT2D eigenvalue weighted by molar-refractivity contribution is 0.0299. The van der Waals surface area contributed by atoms with Crippen LogP contribution in [0.25, 0.3) is 0 Å². The Morgan fingerprint density at radius 1 is 1.33 bits per heavy atom. The first-order valence-corrected chi connectivity index (χ1v) is 7.47. The predicted octanol–water partition coefficient (Wildman–Crippen LogP) is 2.48. The van der Waals surface area contributed by atoms with E-state index in [0.717, 1.165) is 12.8 Å². The molecule has 0 aromatic heterocycles. The minimum atomic E-state index is -0.321. The lowest BCUT2D eigenvalue weighted by atomic mass is 9.98. The van der Waals surface area contributed by atoms with Gasteiger partial charge in [0.1, 0.15) is 11.5 Å². The molecule has 1 aliphatic carbocycles. The minimum Gasteiger partial charge on any atom is -0.507 e. The third kappa shape index (κ3) is 4.63. The van der Waals surface area contributed by atoms with Crippen LogP contribution >= 0.6 is 0 Å². The molecule has 0 heterocycles. The maximum absolute atomic E-state index is 12.0. The van der Waals surface area contributed by atoms with E-state index in [0.29, 0.717) is 25.0 Å². The summed E-state index contributed by atoms with van der Waals surface area (Å²) < 4.78 is 10.8. The molecule has 1 amide bonds. The Balaban J connectivity index is 1.76. The van der Waals surface area contributed by atoms with Crippen LogP contribution in [0, 0.1) is 0 Å². The minimum absolute atomic E-state index is 0.0542. The van der Waals surface area contributed by atoms with Crippen LogP contribution in [0.3, 0.4) is 0 Å². The topological polar surface area (TPSA) is 67.8 Å². The van der Waals surface area contributed by atoms with E-state index in [4.69, 9.17) is 9.47 Å². The fraction of sp³-hybridized carbons (Fsp3) is 0.562. The Morgan fingerprint density at radius 2 is 2.10 bits per heavy atom. The quantitative estimate of drug-likeness (QED) is 0.791. The average Bonchev–Trinajstić information content (AvgIpc) is 2.53. The van der Waals surface area contributed by atoms with Gasteiger partial charge < -0.3 is 19.9 Å². The number of methoxy groups -OCH3 is 1. The van der Waals surface area contributed by atoms with Gasteiger partial charge in [-0.2, -0.15) is 0 Å². The van der Waals surface area contributed by atoms with Crippen molar-refractivity contribution in [2.75, 3.05) is 20.3 Å². The van der Waals surface area contributed by atoms with Crippen molar-refractivity contribution in [2.45, 2.75) is 38.2 Å². The maximum atomic E-state index is 12.0. The molecule has 1 aromatic carbocycles. The molecule has 116 valence electrons. The lowest BCUT2D eigenvalue weighted by Gasteiger charge is -2.22. The van der Waals surface area contributed by atoms with Crippen LogP contribution < -0.4 is 10.1 Å². The fourth-order valence-electron chi connectivity index (χ4n) is 2.54. The number of benzene rings is 1. The van der Waals surface area contributed by atoms with E-state index >= 15 is 0 Å². The third-order valence-corrected chi connectivity index (χ3v) is 3.74. The second-order valence-electron chi connectivity index (χ2n) is 5.27. The number of nitrogens with one attached hydrogen (secondary N) is 1. The fourth-order valence-corrected chi connectivity index (χ4v) is 2.54. The molecule has 2 rings (SSSR count). The van der Waals surface area contributed by atoms with Crippen LogP contribution in [-0.2, 0) is 4.74 Å². The number of carbonyl (C=O) groups is 1. The Kier molecular flexibility index (Phi) is 5.87. The molecule has 0 aliphatic heterocycles. The molecule has 1 aliphatic rings. The van der Waals surface area contributed by atoms with Crippen molar-refractivity contribution < 1.29 is 19.4 Å². The SMILES string of the molecule is COc1ccc(O)c(C(=O)NCCOC2CCCCC2)c1. The average molecular weight is 293 g/mol. The van der Waals surface area contributed by atoms with Gasteiger partial charge in [-0.25, -0.2) is 0 Å². The summed E-state index contributed by atoms with van der Waals surface area (Å²) in [5, 5.41) is 12.5. The molecule has 5 nitrogen and oxygen atoms in total. The zero-order valence-electron chi connectivity index (χ0n) is 12.4. The van der Waals surface area contributed by atoms with Gasteiger partial charge >= 0.3 is 0 Å². The third-order valence-electron chi connectivity index (χ3n) is 3.74. The molecule has 2 N–H and O–H groups in total. The van der Waals surface area contributed by atoms with E-state index in [1.807, 2.05) is 0 Å². The first-order valence-electron chi connectivity index (χ1n) is 7.47. The Hall–Kier alpha value is -1.75. The zero-order valence-corrected chi connectivity index (χ0v) is 12.4. The van der Waals surface area contributed by atoms with E-state index in [-0.39, 0.29) is 17.2 Å². The molecule has 0 bridgehead atoms. The molecule has 0 saturated heterocycles. The molecule has 1 aromatic rings. The monoisotopic (exact) mass is 293 g/mol. The molecule has 5 heteroatoms. The Labute approximate surface area is 125 Å². The van der Waals surface area contributed by atoms with Crippen molar-refractivity contribution in [1.82, 2.24) is 5.32 Å². The number of ether oxygens (including phenoxy) is 2. The molecule has 1 saturated carbocycles. The molecular weight excluding hydrogens is 270 g/mol. The summed E-state index contributed by atoms with van der Waals surface area (Å²) in [6.45, 7) is 0.938. The smallest absolute Gasteiger partial charge is 0.255 e. The van der Waals surface area contributed by atoms with Gasteiger partial charge in [0.2, 0.25) is 0 Å². The molecule has 0 atom stereocenters. The largest absolute Gasteiger partial charge is 0.507 e. The van der Waals surface area contributed by atoms with Gasteiger partial charge in [0.05, 0.1) is 25.4 Å². The predicted molar refractivity (Wildman–Crippen MR) is 79.8 cm³/mol. The first-order chi connectivity index (χ1) is 10.2. The standard InChI is InChI=1S/C16H23NO4/c1-20-13-7-8-15(18)14(11-13)16(19)17-9-10-21-12-5-3-2-4-6-12/h7-8,11-12,18H,2-6,9-10H2,1H3,(H,17,19). The van der Waals surface area contributed by atoms with Crippen molar-refractivity contribution in [1.29, 1.82) is 0 Å². The van der Waals surface area contributed by atoms with E-state index in [2.05, 4.69) is 5.32 Å². The van der Waals surface area contributed by atoms with Crippen molar-refractivity contribution >= 4 is 5.91 Å². The number of amides is 1. The van der Waals surface area contributed by atoms with E-state index in [9.17, 15) is 9.90 Å². The van der Waals surface area contributed by atoms with Crippen LogP contribution in [0.1, 0.15) is 42.5 Å². The lowest BCUT2D eigenvalue weighted by Crippen LogP contribution is -2.29. The van der Waals surface area contributed by atoms with Crippen LogP contribution in [0.15, 0.2) is 18.2 Å². The number of phenols is 1. The number of hydrogen-bond acceptors (Lipinski definition) is 4.